The first-order valence-corrected chi connectivity index (χ1v) is 11.7. The third-order valence-corrected chi connectivity index (χ3v) is 8.15. The summed E-state index contributed by atoms with van der Waals surface area (Å²) >= 11 is 7.65. The summed E-state index contributed by atoms with van der Waals surface area (Å²) in [6.07, 6.45) is 4.79. The number of carbonyl (C=O) groups is 1. The van der Waals surface area contributed by atoms with Gasteiger partial charge in [-0.3, -0.25) is 4.79 Å². The van der Waals surface area contributed by atoms with Crippen molar-refractivity contribution in [2.45, 2.75) is 49.1 Å². The van der Waals surface area contributed by atoms with Crippen LogP contribution in [0.2, 0.25) is 5.02 Å². The molecule has 4 atom stereocenters. The number of fused-ring (bicyclic) bond motifs is 2. The standard InChI is InChI=1S/C21H28ClFN2O3S/c1-27-15-6-16(29-11-15)9-24-19-8-20(13-4-12(19)5-13)25-21(26)10-28-14-2-3-17(22)18(23)7-14/h2-3,7,12-13,15-16,19-20,24H,4-6,8-11H2,1H3,(H,25,26)/t12?,13?,15?,16?,19-,20+/m1/s1. The predicted octanol–water partition coefficient (Wildman–Crippen LogP) is 3.25. The van der Waals surface area contributed by atoms with Gasteiger partial charge < -0.3 is 20.1 Å². The van der Waals surface area contributed by atoms with Crippen LogP contribution in [-0.2, 0) is 9.53 Å². The highest BCUT2D eigenvalue weighted by atomic mass is 35.5. The minimum Gasteiger partial charge on any atom is -0.484 e. The molecule has 2 bridgehead atoms. The van der Waals surface area contributed by atoms with Gasteiger partial charge >= 0.3 is 0 Å². The van der Waals surface area contributed by atoms with Crippen molar-refractivity contribution >= 4 is 29.3 Å². The molecule has 3 saturated carbocycles. The van der Waals surface area contributed by atoms with E-state index >= 15 is 0 Å². The number of carbonyl (C=O) groups excluding carboxylic acids is 1. The molecule has 160 valence electrons. The van der Waals surface area contributed by atoms with E-state index in [4.69, 9.17) is 21.1 Å². The average Bonchev–Trinajstić information content (AvgIpc) is 3.14. The Morgan fingerprint density at radius 3 is 2.76 bits per heavy atom. The highest BCUT2D eigenvalue weighted by molar-refractivity contribution is 8.00. The molecule has 0 spiro atoms. The molecule has 0 aromatic heterocycles. The van der Waals surface area contributed by atoms with Gasteiger partial charge in [-0.1, -0.05) is 11.6 Å². The van der Waals surface area contributed by atoms with E-state index in [0.29, 0.717) is 29.1 Å². The molecule has 1 aliphatic heterocycles. The third-order valence-electron chi connectivity index (χ3n) is 6.45. The van der Waals surface area contributed by atoms with Gasteiger partial charge in [-0.25, -0.2) is 4.39 Å². The fraction of sp³-hybridized carbons (Fsp3) is 0.667. The lowest BCUT2D eigenvalue weighted by Crippen LogP contribution is -2.59. The molecule has 2 unspecified atom stereocenters. The van der Waals surface area contributed by atoms with Crippen LogP contribution < -0.4 is 15.4 Å². The second-order valence-corrected chi connectivity index (χ2v) is 10.1. The Morgan fingerprint density at radius 2 is 2.03 bits per heavy atom. The van der Waals surface area contributed by atoms with E-state index < -0.39 is 5.82 Å². The number of hydrogen-bond donors (Lipinski definition) is 2. The minimum atomic E-state index is -0.552. The number of methoxy groups -OCH3 is 1. The fourth-order valence-electron chi connectivity index (χ4n) is 4.68. The first-order valence-electron chi connectivity index (χ1n) is 10.3. The van der Waals surface area contributed by atoms with Crippen LogP contribution in [0.5, 0.6) is 5.75 Å². The fourth-order valence-corrected chi connectivity index (χ4v) is 6.12. The van der Waals surface area contributed by atoms with Gasteiger partial charge in [-0.15, -0.1) is 0 Å². The van der Waals surface area contributed by atoms with Crippen molar-refractivity contribution in [3.8, 4) is 5.75 Å². The Kier molecular flexibility index (Phi) is 6.89. The van der Waals surface area contributed by atoms with Gasteiger partial charge in [0.1, 0.15) is 11.6 Å². The Bertz CT molecular complexity index is 734. The average molecular weight is 443 g/mol. The van der Waals surface area contributed by atoms with Crippen molar-refractivity contribution in [2.75, 3.05) is 26.0 Å². The topological polar surface area (TPSA) is 59.6 Å². The molecule has 8 heteroatoms. The lowest BCUT2D eigenvalue weighted by atomic mass is 9.60. The Morgan fingerprint density at radius 1 is 1.24 bits per heavy atom. The van der Waals surface area contributed by atoms with Gasteiger partial charge in [0.05, 0.1) is 11.1 Å². The molecule has 1 aromatic rings. The van der Waals surface area contributed by atoms with Gasteiger partial charge in [0.2, 0.25) is 0 Å². The molecule has 1 aromatic carbocycles. The molecule has 29 heavy (non-hydrogen) atoms. The van der Waals surface area contributed by atoms with Crippen molar-refractivity contribution in [3.05, 3.63) is 29.0 Å². The summed E-state index contributed by atoms with van der Waals surface area (Å²) in [5.41, 5.74) is 0. The lowest BCUT2D eigenvalue weighted by molar-refractivity contribution is -0.125. The molecule has 4 aliphatic rings. The highest BCUT2D eigenvalue weighted by Gasteiger charge is 2.46. The lowest BCUT2D eigenvalue weighted by Gasteiger charge is -2.51. The second-order valence-electron chi connectivity index (χ2n) is 8.33. The van der Waals surface area contributed by atoms with Crippen LogP contribution in [0.4, 0.5) is 4.39 Å². The molecule has 0 radical (unpaired) electrons. The van der Waals surface area contributed by atoms with Crippen molar-refractivity contribution in [1.29, 1.82) is 0 Å². The zero-order valence-corrected chi connectivity index (χ0v) is 18.1. The number of benzene rings is 1. The Labute approximate surface area is 180 Å². The largest absolute Gasteiger partial charge is 0.484 e. The highest BCUT2D eigenvalue weighted by Crippen LogP contribution is 2.46. The number of nitrogens with one attached hydrogen (secondary N) is 2. The van der Waals surface area contributed by atoms with E-state index in [-0.39, 0.29) is 23.6 Å². The van der Waals surface area contributed by atoms with Crippen LogP contribution in [0.15, 0.2) is 18.2 Å². The summed E-state index contributed by atoms with van der Waals surface area (Å²) < 4.78 is 24.3. The van der Waals surface area contributed by atoms with Gasteiger partial charge in [-0.2, -0.15) is 11.8 Å². The van der Waals surface area contributed by atoms with Crippen molar-refractivity contribution in [3.63, 3.8) is 0 Å². The number of amides is 1. The summed E-state index contributed by atoms with van der Waals surface area (Å²) in [6.45, 7) is 0.880. The zero-order chi connectivity index (χ0) is 20.4. The van der Waals surface area contributed by atoms with Gasteiger partial charge in [0.15, 0.2) is 6.61 Å². The number of ether oxygens (including phenoxy) is 2. The normalized spacial score (nSPS) is 33.2. The van der Waals surface area contributed by atoms with E-state index in [1.165, 1.54) is 25.0 Å². The smallest absolute Gasteiger partial charge is 0.258 e. The summed E-state index contributed by atoms with van der Waals surface area (Å²) in [7, 11) is 1.79. The summed E-state index contributed by atoms with van der Waals surface area (Å²) in [5.74, 6) is 1.96. The molecule has 2 N–H and O–H groups in total. The monoisotopic (exact) mass is 442 g/mol. The second kappa shape index (κ2) is 9.41. The quantitative estimate of drug-likeness (QED) is 0.647. The maximum atomic E-state index is 13.5. The summed E-state index contributed by atoms with van der Waals surface area (Å²) in [6, 6.07) is 4.82. The third kappa shape index (κ3) is 5.19. The van der Waals surface area contributed by atoms with Gasteiger partial charge in [0, 0.05) is 42.8 Å². The molecule has 1 saturated heterocycles. The summed E-state index contributed by atoms with van der Waals surface area (Å²) in [4.78, 5) is 12.3. The number of rotatable bonds is 8. The van der Waals surface area contributed by atoms with Crippen LogP contribution in [-0.4, -0.2) is 55.4 Å². The van der Waals surface area contributed by atoms with Crippen molar-refractivity contribution in [2.24, 2.45) is 11.8 Å². The molecule has 4 fully saturated rings. The molecule has 1 amide bonds. The first-order chi connectivity index (χ1) is 14.0. The first kappa shape index (κ1) is 21.2. The van der Waals surface area contributed by atoms with Crippen LogP contribution >= 0.6 is 23.4 Å². The predicted molar refractivity (Wildman–Crippen MR) is 113 cm³/mol. The van der Waals surface area contributed by atoms with Crippen LogP contribution in [0.1, 0.15) is 25.7 Å². The van der Waals surface area contributed by atoms with Gasteiger partial charge in [-0.05, 0) is 49.7 Å². The molecular weight excluding hydrogens is 415 g/mol. The van der Waals surface area contributed by atoms with E-state index in [9.17, 15) is 9.18 Å². The van der Waals surface area contributed by atoms with Crippen molar-refractivity contribution < 1.29 is 18.7 Å². The maximum Gasteiger partial charge on any atom is 0.258 e. The van der Waals surface area contributed by atoms with E-state index in [2.05, 4.69) is 10.6 Å². The van der Waals surface area contributed by atoms with E-state index in [1.807, 2.05) is 11.8 Å². The van der Waals surface area contributed by atoms with E-state index in [0.717, 1.165) is 31.1 Å². The van der Waals surface area contributed by atoms with Crippen molar-refractivity contribution in [1.82, 2.24) is 10.6 Å². The number of hydrogen-bond acceptors (Lipinski definition) is 5. The van der Waals surface area contributed by atoms with Gasteiger partial charge in [0.25, 0.3) is 5.91 Å². The summed E-state index contributed by atoms with van der Waals surface area (Å²) in [5, 5.41) is 7.53. The molecule has 5 nitrogen and oxygen atoms in total. The molecular formula is C21H28ClFN2O3S. The molecule has 5 rings (SSSR count). The molecule has 1 heterocycles. The number of halogens is 2. The Hall–Kier alpha value is -1.02. The number of thioether (sulfide) groups is 1. The maximum absolute atomic E-state index is 13.5. The SMILES string of the molecule is COC1CSC(CN[C@@H]2C[C@H](NC(=O)COc3ccc(Cl)c(F)c3)C3CC2C3)C1. The minimum absolute atomic E-state index is 0.0378. The Balaban J connectivity index is 1.21. The van der Waals surface area contributed by atoms with E-state index in [1.54, 1.807) is 13.2 Å². The van der Waals surface area contributed by atoms with Crippen LogP contribution in [0.25, 0.3) is 0 Å². The van der Waals surface area contributed by atoms with Crippen LogP contribution in [0.3, 0.4) is 0 Å². The molecule has 3 aliphatic carbocycles. The zero-order valence-electron chi connectivity index (χ0n) is 16.5. The van der Waals surface area contributed by atoms with Crippen LogP contribution in [0, 0.1) is 17.7 Å².